The first kappa shape index (κ1) is 36.5. The molecule has 0 amide bonds. The second-order valence-electron chi connectivity index (χ2n) is 19.5. The summed E-state index contributed by atoms with van der Waals surface area (Å²) in [6, 6.07) is -0.0585. The molecule has 9 heteroatoms. The van der Waals surface area contributed by atoms with Gasteiger partial charge in [-0.25, -0.2) is 9.67 Å². The minimum absolute atomic E-state index is 0.0585. The summed E-state index contributed by atoms with van der Waals surface area (Å²) in [4.78, 5) is 18.0. The Kier molecular flexibility index (Phi) is 8.83. The Hall–Kier alpha value is -1.29. The number of allylic oxidation sites excluding steroid dienone is 1. The fourth-order valence-corrected chi connectivity index (χ4v) is 12.5. The van der Waals surface area contributed by atoms with E-state index < -0.39 is 17.4 Å². The standard InChI is InChI=1S/C39H63BrN4O4/c1-23(2)24(3)35(8)16-17-36(9)25-12-13-28-34(7)18-27(44-32(40)42-22-43-44)30(48-20-38(11,41)33(4,5)6)39(28,21-47-19-34)26(25)14-15-37(36,10)29(35)31(45)46/h14,22-25,27-30H,12-13,15-21,41H2,1-11H3,(H,45,46)/t24-,25+,27-,28-,29-,30+,34-,35-,36-,37+,38+,39+/m1/s1. The topological polar surface area (TPSA) is 112 Å². The van der Waals surface area contributed by atoms with E-state index in [1.54, 1.807) is 6.33 Å². The molecule has 0 radical (unpaired) electrons. The minimum Gasteiger partial charge on any atom is -0.481 e. The molecule has 0 unspecified atom stereocenters. The Balaban J connectivity index is 1.52. The van der Waals surface area contributed by atoms with Crippen molar-refractivity contribution in [2.75, 3.05) is 19.8 Å². The third-order valence-corrected chi connectivity index (χ3v) is 16.7. The number of carboxylic acid groups (broad SMARTS) is 1. The Bertz CT molecular complexity index is 1450. The third kappa shape index (κ3) is 4.92. The number of hydrogen-bond donors (Lipinski definition) is 2. The summed E-state index contributed by atoms with van der Waals surface area (Å²) in [5.41, 5.74) is 6.47. The van der Waals surface area contributed by atoms with Gasteiger partial charge >= 0.3 is 5.97 Å². The van der Waals surface area contributed by atoms with Gasteiger partial charge in [0.05, 0.1) is 37.9 Å². The van der Waals surface area contributed by atoms with Crippen LogP contribution in [0.4, 0.5) is 0 Å². The van der Waals surface area contributed by atoms with Crippen molar-refractivity contribution in [1.82, 2.24) is 14.8 Å². The number of nitrogens with zero attached hydrogens (tertiary/aromatic N) is 3. The van der Waals surface area contributed by atoms with Crippen molar-refractivity contribution < 1.29 is 19.4 Å². The third-order valence-electron chi connectivity index (χ3n) is 16.1. The predicted molar refractivity (Wildman–Crippen MR) is 192 cm³/mol. The van der Waals surface area contributed by atoms with E-state index in [1.807, 2.05) is 4.68 Å². The van der Waals surface area contributed by atoms with E-state index in [-0.39, 0.29) is 50.6 Å². The van der Waals surface area contributed by atoms with Crippen LogP contribution in [0.15, 0.2) is 22.7 Å². The molecular weight excluding hydrogens is 668 g/mol. The zero-order valence-electron chi connectivity index (χ0n) is 31.5. The summed E-state index contributed by atoms with van der Waals surface area (Å²) < 4.78 is 16.8. The molecule has 0 spiro atoms. The van der Waals surface area contributed by atoms with Gasteiger partial charge in [0.2, 0.25) is 0 Å². The molecule has 1 aliphatic heterocycles. The normalized spacial score (nSPS) is 44.5. The number of halogens is 1. The number of fused-ring (bicyclic) bond motifs is 3. The molecule has 270 valence electrons. The molecule has 2 heterocycles. The molecular formula is C39H63BrN4O4. The van der Waals surface area contributed by atoms with Gasteiger partial charge in [0.1, 0.15) is 6.33 Å². The number of hydrogen-bond acceptors (Lipinski definition) is 6. The van der Waals surface area contributed by atoms with Crippen LogP contribution in [0.3, 0.4) is 0 Å². The van der Waals surface area contributed by atoms with Crippen LogP contribution in [-0.2, 0) is 14.3 Å². The van der Waals surface area contributed by atoms with Gasteiger partial charge in [-0.15, -0.1) is 0 Å². The summed E-state index contributed by atoms with van der Waals surface area (Å²) in [5.74, 6) is 0.287. The predicted octanol–water partition coefficient (Wildman–Crippen LogP) is 8.32. The summed E-state index contributed by atoms with van der Waals surface area (Å²) >= 11 is 3.72. The molecule has 0 aromatic carbocycles. The van der Waals surface area contributed by atoms with E-state index in [0.29, 0.717) is 42.3 Å². The van der Waals surface area contributed by atoms with Gasteiger partial charge in [-0.1, -0.05) is 80.9 Å². The molecule has 48 heavy (non-hydrogen) atoms. The van der Waals surface area contributed by atoms with Crippen LogP contribution < -0.4 is 5.73 Å². The van der Waals surface area contributed by atoms with E-state index >= 15 is 0 Å². The van der Waals surface area contributed by atoms with Gasteiger partial charge in [0, 0.05) is 11.0 Å². The summed E-state index contributed by atoms with van der Waals surface area (Å²) in [5, 5.41) is 15.9. The van der Waals surface area contributed by atoms with Crippen molar-refractivity contribution in [2.24, 2.45) is 67.8 Å². The van der Waals surface area contributed by atoms with Crippen molar-refractivity contribution >= 4 is 21.9 Å². The average Bonchev–Trinajstić information content (AvgIpc) is 3.41. The van der Waals surface area contributed by atoms with E-state index in [1.165, 1.54) is 5.57 Å². The van der Waals surface area contributed by atoms with Crippen molar-refractivity contribution in [2.45, 2.75) is 132 Å². The number of nitrogens with two attached hydrogens (primary N) is 1. The second kappa shape index (κ2) is 11.6. The lowest BCUT2D eigenvalue weighted by Crippen LogP contribution is -2.70. The van der Waals surface area contributed by atoms with Crippen molar-refractivity contribution in [1.29, 1.82) is 0 Å². The van der Waals surface area contributed by atoms with Crippen LogP contribution in [0.5, 0.6) is 0 Å². The molecule has 12 atom stereocenters. The molecule has 4 aliphatic carbocycles. The van der Waals surface area contributed by atoms with Crippen molar-refractivity contribution in [3.8, 4) is 0 Å². The van der Waals surface area contributed by atoms with Gasteiger partial charge < -0.3 is 20.3 Å². The number of aromatic nitrogens is 3. The van der Waals surface area contributed by atoms with Gasteiger partial charge in [0.25, 0.3) is 0 Å². The summed E-state index contributed by atoms with van der Waals surface area (Å²) in [6.45, 7) is 26.6. The average molecular weight is 732 g/mol. The highest BCUT2D eigenvalue weighted by atomic mass is 79.9. The van der Waals surface area contributed by atoms with E-state index in [4.69, 9.17) is 20.3 Å². The molecule has 5 aliphatic rings. The Morgan fingerprint density at radius 1 is 1.12 bits per heavy atom. The molecule has 8 nitrogen and oxygen atoms in total. The SMILES string of the molecule is CC(C)[C@@H](C)[C@@]1(C)CC[C@]2(C)[C@H]3CC[C@@H]4[C@@]5(C)COC[C@@]4(C3=CC[C@@]2(C)[C@@H]1C(=O)O)[C@@H](OC[C@](C)(N)C(C)(C)C)[C@H](n1ncnc1Br)C5. The maximum atomic E-state index is 13.5. The van der Waals surface area contributed by atoms with Crippen molar-refractivity contribution in [3.63, 3.8) is 0 Å². The zero-order chi connectivity index (χ0) is 35.5. The molecule has 1 aromatic heterocycles. The Morgan fingerprint density at radius 2 is 1.81 bits per heavy atom. The van der Waals surface area contributed by atoms with Crippen LogP contribution >= 0.6 is 15.9 Å². The quantitative estimate of drug-likeness (QED) is 0.271. The molecule has 1 saturated heterocycles. The highest BCUT2D eigenvalue weighted by Crippen LogP contribution is 2.75. The summed E-state index contributed by atoms with van der Waals surface area (Å²) in [7, 11) is 0. The first-order chi connectivity index (χ1) is 22.1. The molecule has 3 N–H and O–H groups in total. The Labute approximate surface area is 297 Å². The second-order valence-corrected chi connectivity index (χ2v) is 20.2. The largest absolute Gasteiger partial charge is 0.481 e. The summed E-state index contributed by atoms with van der Waals surface area (Å²) in [6.07, 6.45) is 9.62. The number of aliphatic carboxylic acids is 1. The fourth-order valence-electron chi connectivity index (χ4n) is 12.0. The molecule has 6 rings (SSSR count). The monoisotopic (exact) mass is 730 g/mol. The molecule has 4 fully saturated rings. The highest BCUT2D eigenvalue weighted by Gasteiger charge is 2.72. The lowest BCUT2D eigenvalue weighted by atomic mass is 9.34. The van der Waals surface area contributed by atoms with Gasteiger partial charge in [-0.3, -0.25) is 4.79 Å². The number of carbonyl (C=O) groups is 1. The van der Waals surface area contributed by atoms with E-state index in [0.717, 1.165) is 38.5 Å². The van der Waals surface area contributed by atoms with Crippen LogP contribution in [0.2, 0.25) is 0 Å². The van der Waals surface area contributed by atoms with Crippen molar-refractivity contribution in [3.05, 3.63) is 22.7 Å². The molecule has 3 saturated carbocycles. The molecule has 1 aromatic rings. The van der Waals surface area contributed by atoms with Crippen LogP contribution in [0, 0.1) is 62.1 Å². The van der Waals surface area contributed by atoms with Gasteiger partial charge in [-0.2, -0.15) is 5.10 Å². The molecule has 2 bridgehead atoms. The number of rotatable bonds is 7. The van der Waals surface area contributed by atoms with Crippen LogP contribution in [-0.4, -0.2) is 57.3 Å². The first-order valence-electron chi connectivity index (χ1n) is 18.6. The van der Waals surface area contributed by atoms with Gasteiger partial charge in [-0.05, 0) is 112 Å². The Morgan fingerprint density at radius 3 is 2.40 bits per heavy atom. The minimum atomic E-state index is -0.630. The lowest BCUT2D eigenvalue weighted by molar-refractivity contribution is -0.255. The van der Waals surface area contributed by atoms with Crippen LogP contribution in [0.25, 0.3) is 0 Å². The maximum absolute atomic E-state index is 13.5. The van der Waals surface area contributed by atoms with Gasteiger partial charge in [0.15, 0.2) is 4.73 Å². The lowest BCUT2D eigenvalue weighted by Gasteiger charge is -2.71. The van der Waals surface area contributed by atoms with Crippen LogP contribution in [0.1, 0.15) is 121 Å². The number of carboxylic acids is 1. The maximum Gasteiger partial charge on any atom is 0.307 e. The smallest absolute Gasteiger partial charge is 0.307 e. The zero-order valence-corrected chi connectivity index (χ0v) is 33.1. The highest BCUT2D eigenvalue weighted by molar-refractivity contribution is 9.10. The fraction of sp³-hybridized carbons (Fsp3) is 0.872. The first-order valence-corrected chi connectivity index (χ1v) is 19.4. The van der Waals surface area contributed by atoms with E-state index in [2.05, 4.69) is 103 Å². The van der Waals surface area contributed by atoms with E-state index in [9.17, 15) is 9.90 Å². The number of ether oxygens (including phenoxy) is 2.